The lowest BCUT2D eigenvalue weighted by Gasteiger charge is -2.36. The van der Waals surface area contributed by atoms with Crippen LogP contribution in [-0.2, 0) is 4.79 Å². The fourth-order valence-electron chi connectivity index (χ4n) is 3.91. The molecule has 0 rings (SSSR count). The standard InChI is InChI=1S/C22H45NO3/c1-5-6-7-8-9-10-11-12-13-14-15-18-22(2,26)20-23(3,4)19-16-17-21(24)25/h26H,5-20H2,1-4H3/p+1. The fourth-order valence-corrected chi connectivity index (χ4v) is 3.91. The van der Waals surface area contributed by atoms with Gasteiger partial charge in [-0.2, -0.15) is 0 Å². The number of likely N-dealkylation sites (N-methyl/N-ethyl adjacent to an activating group) is 1. The Bertz CT molecular complexity index is 353. The number of hydrogen-bond donors (Lipinski definition) is 2. The summed E-state index contributed by atoms with van der Waals surface area (Å²) in [7, 11) is 4.16. The van der Waals surface area contributed by atoms with Crippen LogP contribution in [0.25, 0.3) is 0 Å². The Morgan fingerprint density at radius 1 is 0.846 bits per heavy atom. The second kappa shape index (κ2) is 14.4. The molecule has 0 amide bonds. The van der Waals surface area contributed by atoms with Gasteiger partial charge >= 0.3 is 5.97 Å². The third-order valence-electron chi connectivity index (χ3n) is 5.24. The van der Waals surface area contributed by atoms with Gasteiger partial charge in [-0.3, -0.25) is 4.79 Å². The molecule has 1 atom stereocenters. The first-order valence-corrected chi connectivity index (χ1v) is 10.9. The zero-order chi connectivity index (χ0) is 19.9. The zero-order valence-corrected chi connectivity index (χ0v) is 18.1. The highest BCUT2D eigenvalue weighted by Gasteiger charge is 2.30. The van der Waals surface area contributed by atoms with Crippen molar-refractivity contribution < 1.29 is 19.5 Å². The molecule has 0 heterocycles. The minimum absolute atomic E-state index is 0.211. The summed E-state index contributed by atoms with van der Waals surface area (Å²) in [5.74, 6) is -0.738. The quantitative estimate of drug-likeness (QED) is 0.251. The molecule has 0 aliphatic heterocycles. The molecule has 0 saturated carbocycles. The number of aliphatic carboxylic acids is 1. The van der Waals surface area contributed by atoms with Crippen LogP contribution in [0.4, 0.5) is 0 Å². The average molecular weight is 373 g/mol. The van der Waals surface area contributed by atoms with Gasteiger partial charge in [-0.25, -0.2) is 0 Å². The van der Waals surface area contributed by atoms with Crippen molar-refractivity contribution in [2.75, 3.05) is 27.2 Å². The molecule has 0 aliphatic rings. The minimum atomic E-state index is -0.738. The summed E-state index contributed by atoms with van der Waals surface area (Å²) in [5.41, 5.74) is -0.661. The Balaban J connectivity index is 3.68. The Morgan fingerprint density at radius 3 is 1.77 bits per heavy atom. The van der Waals surface area contributed by atoms with Gasteiger partial charge in [0.1, 0.15) is 12.1 Å². The van der Waals surface area contributed by atoms with E-state index in [0.717, 1.165) is 19.4 Å². The van der Waals surface area contributed by atoms with Gasteiger partial charge < -0.3 is 14.7 Å². The van der Waals surface area contributed by atoms with Crippen LogP contribution in [-0.4, -0.2) is 53.5 Å². The number of aliphatic hydroxyl groups is 1. The number of quaternary nitrogens is 1. The minimum Gasteiger partial charge on any atom is -0.481 e. The lowest BCUT2D eigenvalue weighted by molar-refractivity contribution is -0.896. The van der Waals surface area contributed by atoms with Gasteiger partial charge in [0.15, 0.2) is 0 Å². The van der Waals surface area contributed by atoms with Crippen LogP contribution in [0.2, 0.25) is 0 Å². The van der Waals surface area contributed by atoms with Gasteiger partial charge in [0.25, 0.3) is 0 Å². The third kappa shape index (κ3) is 16.8. The van der Waals surface area contributed by atoms with Crippen molar-refractivity contribution in [2.24, 2.45) is 0 Å². The summed E-state index contributed by atoms with van der Waals surface area (Å²) < 4.78 is 0.679. The molecule has 0 aliphatic carbocycles. The number of carbonyl (C=O) groups is 1. The molecule has 0 aromatic carbocycles. The zero-order valence-electron chi connectivity index (χ0n) is 18.1. The summed E-state index contributed by atoms with van der Waals surface area (Å²) in [4.78, 5) is 10.6. The maximum atomic E-state index is 10.7. The summed E-state index contributed by atoms with van der Waals surface area (Å²) in [6, 6.07) is 0. The molecule has 1 unspecified atom stereocenters. The topological polar surface area (TPSA) is 57.5 Å². The number of hydrogen-bond acceptors (Lipinski definition) is 2. The molecule has 26 heavy (non-hydrogen) atoms. The van der Waals surface area contributed by atoms with E-state index in [1.807, 2.05) is 6.92 Å². The number of unbranched alkanes of at least 4 members (excludes halogenated alkanes) is 10. The van der Waals surface area contributed by atoms with Crippen LogP contribution in [0.3, 0.4) is 0 Å². The van der Waals surface area contributed by atoms with E-state index in [9.17, 15) is 9.90 Å². The van der Waals surface area contributed by atoms with Gasteiger partial charge in [-0.15, -0.1) is 0 Å². The van der Waals surface area contributed by atoms with Crippen molar-refractivity contribution in [3.63, 3.8) is 0 Å². The summed E-state index contributed by atoms with van der Waals surface area (Å²) in [6.45, 7) is 5.67. The molecule has 0 radical (unpaired) electrons. The smallest absolute Gasteiger partial charge is 0.303 e. The monoisotopic (exact) mass is 372 g/mol. The van der Waals surface area contributed by atoms with E-state index in [1.165, 1.54) is 64.2 Å². The first-order valence-electron chi connectivity index (χ1n) is 10.9. The summed E-state index contributed by atoms with van der Waals surface area (Å²) in [5, 5.41) is 19.4. The molecule has 0 saturated heterocycles. The number of rotatable bonds is 18. The molecule has 0 bridgehead atoms. The van der Waals surface area contributed by atoms with Crippen molar-refractivity contribution >= 4 is 5.97 Å². The van der Waals surface area contributed by atoms with Crippen molar-refractivity contribution in [1.82, 2.24) is 0 Å². The van der Waals surface area contributed by atoms with E-state index >= 15 is 0 Å². The molecular weight excluding hydrogens is 326 g/mol. The van der Waals surface area contributed by atoms with Crippen LogP contribution in [0, 0.1) is 0 Å². The predicted molar refractivity (Wildman–Crippen MR) is 110 cm³/mol. The van der Waals surface area contributed by atoms with E-state index in [4.69, 9.17) is 5.11 Å². The second-order valence-corrected chi connectivity index (χ2v) is 9.10. The molecule has 0 fully saturated rings. The van der Waals surface area contributed by atoms with Crippen molar-refractivity contribution in [3.8, 4) is 0 Å². The largest absolute Gasteiger partial charge is 0.481 e. The highest BCUT2D eigenvalue weighted by molar-refractivity contribution is 5.66. The Kier molecular flexibility index (Phi) is 14.1. The summed E-state index contributed by atoms with van der Waals surface area (Å²) >= 11 is 0. The van der Waals surface area contributed by atoms with E-state index in [1.54, 1.807) is 0 Å². The van der Waals surface area contributed by atoms with Gasteiger partial charge in [0.2, 0.25) is 0 Å². The Morgan fingerprint density at radius 2 is 1.31 bits per heavy atom. The Hall–Kier alpha value is -0.610. The van der Waals surface area contributed by atoms with E-state index in [-0.39, 0.29) is 6.42 Å². The molecule has 4 heteroatoms. The van der Waals surface area contributed by atoms with Gasteiger partial charge in [0.05, 0.1) is 27.1 Å². The van der Waals surface area contributed by atoms with Crippen molar-refractivity contribution in [1.29, 1.82) is 0 Å². The first-order chi connectivity index (χ1) is 12.2. The number of nitrogens with zero attached hydrogens (tertiary/aromatic N) is 1. The molecular formula is C22H46NO3+. The second-order valence-electron chi connectivity index (χ2n) is 9.10. The van der Waals surface area contributed by atoms with Gasteiger partial charge in [-0.1, -0.05) is 77.6 Å². The number of carboxylic acid groups (broad SMARTS) is 1. The SMILES string of the molecule is CCCCCCCCCCCCCC(C)(O)C[N+](C)(C)CCCC(=O)O. The van der Waals surface area contributed by atoms with Crippen molar-refractivity contribution in [2.45, 2.75) is 109 Å². The van der Waals surface area contributed by atoms with Crippen molar-refractivity contribution in [3.05, 3.63) is 0 Å². The number of carboxylic acids is 1. The lowest BCUT2D eigenvalue weighted by Crippen LogP contribution is -2.51. The van der Waals surface area contributed by atoms with Crippen LogP contribution < -0.4 is 0 Å². The predicted octanol–water partition coefficient (Wildman–Crippen LogP) is 5.38. The molecule has 0 spiro atoms. The normalized spacial score (nSPS) is 14.3. The van der Waals surface area contributed by atoms with Crippen LogP contribution in [0.15, 0.2) is 0 Å². The molecule has 2 N–H and O–H groups in total. The molecule has 0 aromatic rings. The van der Waals surface area contributed by atoms with E-state index in [0.29, 0.717) is 17.4 Å². The van der Waals surface area contributed by atoms with Gasteiger partial charge in [-0.05, 0) is 13.3 Å². The highest BCUT2D eigenvalue weighted by atomic mass is 16.4. The lowest BCUT2D eigenvalue weighted by atomic mass is 9.96. The summed E-state index contributed by atoms with van der Waals surface area (Å²) in [6.07, 6.45) is 16.2. The van der Waals surface area contributed by atoms with Crippen LogP contribution in [0.1, 0.15) is 104 Å². The van der Waals surface area contributed by atoms with Crippen LogP contribution >= 0.6 is 0 Å². The van der Waals surface area contributed by atoms with E-state index in [2.05, 4.69) is 21.0 Å². The average Bonchev–Trinajstić information content (AvgIpc) is 2.50. The fraction of sp³-hybridized carbons (Fsp3) is 0.955. The maximum Gasteiger partial charge on any atom is 0.303 e. The highest BCUT2D eigenvalue weighted by Crippen LogP contribution is 2.20. The Labute approximate surface area is 162 Å². The molecule has 0 aromatic heterocycles. The van der Waals surface area contributed by atoms with E-state index < -0.39 is 11.6 Å². The molecule has 156 valence electrons. The first kappa shape index (κ1) is 25.4. The third-order valence-corrected chi connectivity index (χ3v) is 5.24. The molecule has 4 nitrogen and oxygen atoms in total. The maximum absolute atomic E-state index is 10.7. The van der Waals surface area contributed by atoms with Crippen LogP contribution in [0.5, 0.6) is 0 Å². The van der Waals surface area contributed by atoms with Gasteiger partial charge in [0, 0.05) is 6.42 Å².